The maximum absolute atomic E-state index is 5.28. The van der Waals surface area contributed by atoms with Crippen molar-refractivity contribution in [2.24, 2.45) is 0 Å². The van der Waals surface area contributed by atoms with Crippen molar-refractivity contribution in [3.63, 3.8) is 0 Å². The molecule has 0 atom stereocenters. The van der Waals surface area contributed by atoms with Gasteiger partial charge in [-0.05, 0) is 59.5 Å². The molecule has 1 saturated carbocycles. The van der Waals surface area contributed by atoms with Crippen molar-refractivity contribution in [2.45, 2.75) is 31.7 Å². The molecule has 3 nitrogen and oxygen atoms in total. The SMILES string of the molecule is S=c1[nH]nc(C2CC2)n1CCc1ccc(Br)s1. The summed E-state index contributed by atoms with van der Waals surface area (Å²) in [4.78, 5) is 1.38. The minimum absolute atomic E-state index is 0.637. The van der Waals surface area contributed by atoms with Crippen molar-refractivity contribution in [3.8, 4) is 0 Å². The molecular weight excluding hydrogens is 318 g/mol. The number of halogens is 1. The zero-order chi connectivity index (χ0) is 11.8. The number of hydrogen-bond acceptors (Lipinski definition) is 3. The van der Waals surface area contributed by atoms with E-state index in [1.54, 1.807) is 11.3 Å². The summed E-state index contributed by atoms with van der Waals surface area (Å²) in [6.07, 6.45) is 3.53. The Bertz CT molecular complexity index is 580. The lowest BCUT2D eigenvalue weighted by atomic mass is 10.3. The number of aryl methyl sites for hydroxylation is 1. The number of aromatic amines is 1. The first-order valence-corrected chi connectivity index (χ1v) is 7.65. The third kappa shape index (κ3) is 2.53. The van der Waals surface area contributed by atoms with E-state index < -0.39 is 0 Å². The fraction of sp³-hybridized carbons (Fsp3) is 0.455. The van der Waals surface area contributed by atoms with Crippen LogP contribution in [0.3, 0.4) is 0 Å². The lowest BCUT2D eigenvalue weighted by Crippen LogP contribution is -2.05. The average molecular weight is 330 g/mol. The highest BCUT2D eigenvalue weighted by molar-refractivity contribution is 9.11. The van der Waals surface area contributed by atoms with E-state index in [-0.39, 0.29) is 0 Å². The topological polar surface area (TPSA) is 33.6 Å². The summed E-state index contributed by atoms with van der Waals surface area (Å²) in [5.74, 6) is 1.78. The van der Waals surface area contributed by atoms with Crippen LogP contribution in [0, 0.1) is 4.77 Å². The van der Waals surface area contributed by atoms with Crippen LogP contribution in [0.2, 0.25) is 0 Å². The van der Waals surface area contributed by atoms with E-state index in [1.165, 1.54) is 21.5 Å². The van der Waals surface area contributed by atoms with Crippen LogP contribution in [-0.2, 0) is 13.0 Å². The summed E-state index contributed by atoms with van der Waals surface area (Å²) in [7, 11) is 0. The number of nitrogens with one attached hydrogen (secondary N) is 1. The second-order valence-electron chi connectivity index (χ2n) is 4.27. The largest absolute Gasteiger partial charge is 0.304 e. The van der Waals surface area contributed by atoms with E-state index in [9.17, 15) is 0 Å². The van der Waals surface area contributed by atoms with Gasteiger partial charge in [0.1, 0.15) is 5.82 Å². The van der Waals surface area contributed by atoms with E-state index in [4.69, 9.17) is 12.2 Å². The molecule has 0 unspecified atom stereocenters. The highest BCUT2D eigenvalue weighted by atomic mass is 79.9. The third-order valence-corrected chi connectivity index (χ3v) is 4.94. The molecule has 0 bridgehead atoms. The molecule has 90 valence electrons. The van der Waals surface area contributed by atoms with Crippen LogP contribution in [0.25, 0.3) is 0 Å². The van der Waals surface area contributed by atoms with Crippen molar-refractivity contribution in [1.29, 1.82) is 0 Å². The predicted molar refractivity (Wildman–Crippen MR) is 75.1 cm³/mol. The van der Waals surface area contributed by atoms with Gasteiger partial charge in [-0.2, -0.15) is 5.10 Å². The van der Waals surface area contributed by atoms with E-state index in [0.29, 0.717) is 5.92 Å². The number of rotatable bonds is 4. The van der Waals surface area contributed by atoms with Crippen molar-refractivity contribution < 1.29 is 0 Å². The van der Waals surface area contributed by atoms with Gasteiger partial charge >= 0.3 is 0 Å². The average Bonchev–Trinajstić information content (AvgIpc) is 2.97. The molecule has 3 rings (SSSR count). The fourth-order valence-electron chi connectivity index (χ4n) is 1.91. The maximum atomic E-state index is 5.28. The molecule has 0 spiro atoms. The van der Waals surface area contributed by atoms with Crippen LogP contribution in [0.5, 0.6) is 0 Å². The predicted octanol–water partition coefficient (Wildman–Crippen LogP) is 3.88. The van der Waals surface area contributed by atoms with E-state index in [0.717, 1.165) is 23.6 Å². The molecule has 1 aliphatic carbocycles. The number of hydrogen-bond donors (Lipinski definition) is 1. The Morgan fingerprint density at radius 3 is 3.00 bits per heavy atom. The lowest BCUT2D eigenvalue weighted by Gasteiger charge is -2.04. The van der Waals surface area contributed by atoms with Gasteiger partial charge in [0.05, 0.1) is 3.79 Å². The minimum Gasteiger partial charge on any atom is -0.304 e. The van der Waals surface area contributed by atoms with Crippen molar-refractivity contribution in [2.75, 3.05) is 0 Å². The van der Waals surface area contributed by atoms with Gasteiger partial charge < -0.3 is 4.57 Å². The van der Waals surface area contributed by atoms with Gasteiger partial charge in [-0.15, -0.1) is 11.3 Å². The monoisotopic (exact) mass is 329 g/mol. The second-order valence-corrected chi connectivity index (χ2v) is 7.20. The molecule has 2 aromatic heterocycles. The highest BCUT2D eigenvalue weighted by Crippen LogP contribution is 2.38. The van der Waals surface area contributed by atoms with E-state index in [2.05, 4.69) is 42.8 Å². The molecule has 1 N–H and O–H groups in total. The number of nitrogens with zero attached hydrogens (tertiary/aromatic N) is 2. The van der Waals surface area contributed by atoms with Gasteiger partial charge in [-0.25, -0.2) is 0 Å². The zero-order valence-electron chi connectivity index (χ0n) is 9.15. The molecule has 2 aromatic rings. The van der Waals surface area contributed by atoms with Gasteiger partial charge in [0.2, 0.25) is 0 Å². The molecule has 0 aromatic carbocycles. The Kier molecular flexibility index (Phi) is 3.19. The van der Waals surface area contributed by atoms with Crippen LogP contribution in [-0.4, -0.2) is 14.8 Å². The maximum Gasteiger partial charge on any atom is 0.195 e. The van der Waals surface area contributed by atoms with E-state index >= 15 is 0 Å². The van der Waals surface area contributed by atoms with Crippen molar-refractivity contribution >= 4 is 39.5 Å². The number of H-pyrrole nitrogens is 1. The molecule has 6 heteroatoms. The first-order chi connectivity index (χ1) is 8.24. The zero-order valence-corrected chi connectivity index (χ0v) is 12.4. The first-order valence-electron chi connectivity index (χ1n) is 5.63. The first kappa shape index (κ1) is 11.6. The molecule has 0 radical (unpaired) electrons. The summed E-state index contributed by atoms with van der Waals surface area (Å²) in [6.45, 7) is 0.925. The van der Waals surface area contributed by atoms with Gasteiger partial charge in [-0.3, -0.25) is 5.10 Å². The molecule has 0 saturated heterocycles. The lowest BCUT2D eigenvalue weighted by molar-refractivity contribution is 0.649. The Labute approximate surface area is 117 Å². The summed E-state index contributed by atoms with van der Waals surface area (Å²) in [5.41, 5.74) is 0. The Balaban J connectivity index is 1.76. The Morgan fingerprint density at radius 2 is 2.35 bits per heavy atom. The summed E-state index contributed by atoms with van der Waals surface area (Å²) < 4.78 is 4.09. The second kappa shape index (κ2) is 4.66. The molecule has 2 heterocycles. The van der Waals surface area contributed by atoms with E-state index in [1.807, 2.05) is 0 Å². The number of thiophene rings is 1. The van der Waals surface area contributed by atoms with Crippen LogP contribution < -0.4 is 0 Å². The molecule has 1 aliphatic rings. The minimum atomic E-state index is 0.637. The molecule has 0 amide bonds. The van der Waals surface area contributed by atoms with Gasteiger partial charge in [0.25, 0.3) is 0 Å². The van der Waals surface area contributed by atoms with Crippen molar-refractivity contribution in [3.05, 3.63) is 31.4 Å². The summed E-state index contributed by atoms with van der Waals surface area (Å²) >= 11 is 10.5. The van der Waals surface area contributed by atoms with Crippen LogP contribution in [0.1, 0.15) is 29.5 Å². The smallest absolute Gasteiger partial charge is 0.195 e. The van der Waals surface area contributed by atoms with Crippen LogP contribution in [0.4, 0.5) is 0 Å². The molecule has 17 heavy (non-hydrogen) atoms. The van der Waals surface area contributed by atoms with Crippen LogP contribution >= 0.6 is 39.5 Å². The normalized spacial score (nSPS) is 15.4. The summed E-state index contributed by atoms with van der Waals surface area (Å²) in [6, 6.07) is 4.26. The van der Waals surface area contributed by atoms with Gasteiger partial charge in [0.15, 0.2) is 4.77 Å². The fourth-order valence-corrected chi connectivity index (χ4v) is 3.61. The highest BCUT2D eigenvalue weighted by Gasteiger charge is 2.28. The Morgan fingerprint density at radius 1 is 1.53 bits per heavy atom. The third-order valence-electron chi connectivity index (χ3n) is 2.94. The van der Waals surface area contributed by atoms with Crippen LogP contribution in [0.15, 0.2) is 15.9 Å². The molecular formula is C11H12BrN3S2. The number of aromatic nitrogens is 3. The van der Waals surface area contributed by atoms with Crippen molar-refractivity contribution in [1.82, 2.24) is 14.8 Å². The van der Waals surface area contributed by atoms with Gasteiger partial charge in [-0.1, -0.05) is 0 Å². The Hall–Kier alpha value is -0.460. The molecule has 0 aliphatic heterocycles. The quantitative estimate of drug-likeness (QED) is 0.863. The standard InChI is InChI=1S/C11H12BrN3S2/c12-9-4-3-8(17-9)5-6-15-10(7-1-2-7)13-14-11(15)16/h3-4,7H,1-2,5-6H2,(H,14,16). The van der Waals surface area contributed by atoms with Gasteiger partial charge in [0, 0.05) is 17.3 Å². The summed E-state index contributed by atoms with van der Waals surface area (Å²) in [5, 5.41) is 7.25. The molecule has 1 fully saturated rings.